The van der Waals surface area contributed by atoms with E-state index in [9.17, 15) is 28.4 Å². The van der Waals surface area contributed by atoms with Crippen LogP contribution in [0.3, 0.4) is 0 Å². The SMILES string of the molecule is CCCC[C@H](O)CN(C(=O)OC(C)(C)C)S(=O)(=O)c1ccc([N+](=O)[O-])cc1. The van der Waals surface area contributed by atoms with Gasteiger partial charge in [0.05, 0.1) is 22.5 Å². The van der Waals surface area contributed by atoms with E-state index in [1.54, 1.807) is 20.8 Å². The van der Waals surface area contributed by atoms with Gasteiger partial charge in [-0.2, -0.15) is 4.31 Å². The molecule has 1 atom stereocenters. The molecule has 27 heavy (non-hydrogen) atoms. The molecule has 1 aromatic carbocycles. The van der Waals surface area contributed by atoms with E-state index < -0.39 is 39.3 Å². The first-order valence-electron chi connectivity index (χ1n) is 8.56. The number of hydrogen-bond acceptors (Lipinski definition) is 7. The van der Waals surface area contributed by atoms with E-state index in [1.165, 1.54) is 0 Å². The Kier molecular flexibility index (Phi) is 7.73. The number of ether oxygens (including phenoxy) is 1. The van der Waals surface area contributed by atoms with Crippen molar-refractivity contribution in [3.05, 3.63) is 34.4 Å². The summed E-state index contributed by atoms with van der Waals surface area (Å²) in [5, 5.41) is 20.9. The molecule has 152 valence electrons. The van der Waals surface area contributed by atoms with Gasteiger partial charge >= 0.3 is 6.09 Å². The molecule has 0 saturated heterocycles. The number of nitro groups is 1. The van der Waals surface area contributed by atoms with Crippen LogP contribution in [-0.2, 0) is 14.8 Å². The smallest absolute Gasteiger partial charge is 0.424 e. The average molecular weight is 402 g/mol. The van der Waals surface area contributed by atoms with Crippen LogP contribution in [-0.4, -0.2) is 47.1 Å². The fourth-order valence-corrected chi connectivity index (χ4v) is 3.51. The molecule has 1 amide bonds. The van der Waals surface area contributed by atoms with Crippen LogP contribution < -0.4 is 0 Å². The molecule has 0 spiro atoms. The molecule has 9 nitrogen and oxygen atoms in total. The number of sulfonamides is 1. The van der Waals surface area contributed by atoms with Gasteiger partial charge in [-0.25, -0.2) is 13.2 Å². The second-order valence-corrected chi connectivity index (χ2v) is 8.93. The highest BCUT2D eigenvalue weighted by Crippen LogP contribution is 2.22. The predicted octanol–water partition coefficient (Wildman–Crippen LogP) is 3.07. The van der Waals surface area contributed by atoms with Gasteiger partial charge in [-0.1, -0.05) is 19.8 Å². The minimum Gasteiger partial charge on any atom is -0.443 e. The first-order chi connectivity index (χ1) is 12.4. The monoisotopic (exact) mass is 402 g/mol. The van der Waals surface area contributed by atoms with E-state index >= 15 is 0 Å². The fraction of sp³-hybridized carbons (Fsp3) is 0.588. The summed E-state index contributed by atoms with van der Waals surface area (Å²) in [6, 6.07) is 4.16. The van der Waals surface area contributed by atoms with Crippen molar-refractivity contribution < 1.29 is 28.0 Å². The number of aliphatic hydroxyl groups excluding tert-OH is 1. The summed E-state index contributed by atoms with van der Waals surface area (Å²) in [5.74, 6) is 0. The molecule has 0 unspecified atom stereocenters. The van der Waals surface area contributed by atoms with Gasteiger partial charge < -0.3 is 9.84 Å². The van der Waals surface area contributed by atoms with Crippen molar-refractivity contribution in [2.75, 3.05) is 6.54 Å². The number of carbonyl (C=O) groups excluding carboxylic acids is 1. The Hall–Kier alpha value is -2.20. The summed E-state index contributed by atoms with van der Waals surface area (Å²) in [6.45, 7) is 6.24. The number of nitro benzene ring substituents is 1. The molecule has 1 aromatic rings. The number of amides is 1. The van der Waals surface area contributed by atoms with E-state index in [1.807, 2.05) is 6.92 Å². The summed E-state index contributed by atoms with van der Waals surface area (Å²) >= 11 is 0. The Bertz CT molecular complexity index is 754. The zero-order valence-corrected chi connectivity index (χ0v) is 16.7. The van der Waals surface area contributed by atoms with E-state index in [0.717, 1.165) is 30.7 Å². The molecule has 0 heterocycles. The lowest BCUT2D eigenvalue weighted by molar-refractivity contribution is -0.384. The average Bonchev–Trinajstić information content (AvgIpc) is 2.56. The first kappa shape index (κ1) is 22.8. The van der Waals surface area contributed by atoms with Gasteiger partial charge in [0.25, 0.3) is 15.7 Å². The van der Waals surface area contributed by atoms with Crippen LogP contribution in [0.15, 0.2) is 29.2 Å². The van der Waals surface area contributed by atoms with Crippen molar-refractivity contribution in [1.82, 2.24) is 4.31 Å². The molecule has 0 fully saturated rings. The lowest BCUT2D eigenvalue weighted by atomic mass is 10.1. The summed E-state index contributed by atoms with van der Waals surface area (Å²) in [6.07, 6.45) is -0.368. The van der Waals surface area contributed by atoms with E-state index in [0.29, 0.717) is 17.1 Å². The Labute approximate surface area is 159 Å². The highest BCUT2D eigenvalue weighted by molar-refractivity contribution is 7.89. The van der Waals surface area contributed by atoms with Crippen LogP contribution in [0.1, 0.15) is 47.0 Å². The highest BCUT2D eigenvalue weighted by Gasteiger charge is 2.34. The van der Waals surface area contributed by atoms with Crippen LogP contribution in [0.4, 0.5) is 10.5 Å². The third-order valence-electron chi connectivity index (χ3n) is 3.50. The Morgan fingerprint density at radius 2 is 1.85 bits per heavy atom. The van der Waals surface area contributed by atoms with Crippen molar-refractivity contribution in [1.29, 1.82) is 0 Å². The van der Waals surface area contributed by atoms with Crippen LogP contribution in [0.2, 0.25) is 0 Å². The summed E-state index contributed by atoms with van der Waals surface area (Å²) in [4.78, 5) is 22.3. The van der Waals surface area contributed by atoms with Gasteiger partial charge in [0.15, 0.2) is 0 Å². The summed E-state index contributed by atoms with van der Waals surface area (Å²) in [7, 11) is -4.36. The number of non-ortho nitro benzene ring substituents is 1. The van der Waals surface area contributed by atoms with Gasteiger partial charge in [0.1, 0.15) is 5.60 Å². The Morgan fingerprint density at radius 1 is 1.30 bits per heavy atom. The van der Waals surface area contributed by atoms with Crippen molar-refractivity contribution in [3.8, 4) is 0 Å². The number of rotatable bonds is 8. The minimum absolute atomic E-state index is 0.277. The molecule has 0 saturated carbocycles. The standard InChI is InChI=1S/C17H26N2O7S/c1-5-6-7-14(20)12-18(16(21)26-17(2,3)4)27(24,25)15-10-8-13(9-11-15)19(22)23/h8-11,14,20H,5-7,12H2,1-4H3/t14-/m0/s1. The fourth-order valence-electron chi connectivity index (χ4n) is 2.17. The Morgan fingerprint density at radius 3 is 2.30 bits per heavy atom. The lowest BCUT2D eigenvalue weighted by Crippen LogP contribution is -2.44. The largest absolute Gasteiger partial charge is 0.443 e. The van der Waals surface area contributed by atoms with Gasteiger partial charge in [-0.15, -0.1) is 0 Å². The van der Waals surface area contributed by atoms with Crippen LogP contribution in [0.25, 0.3) is 0 Å². The van der Waals surface area contributed by atoms with Crippen molar-refractivity contribution in [3.63, 3.8) is 0 Å². The van der Waals surface area contributed by atoms with E-state index in [-0.39, 0.29) is 10.6 Å². The minimum atomic E-state index is -4.36. The van der Waals surface area contributed by atoms with Crippen LogP contribution >= 0.6 is 0 Å². The van der Waals surface area contributed by atoms with Gasteiger partial charge in [0, 0.05) is 12.1 Å². The second-order valence-electron chi connectivity index (χ2n) is 7.06. The molecule has 0 aromatic heterocycles. The third kappa shape index (κ3) is 6.79. The summed E-state index contributed by atoms with van der Waals surface area (Å²) in [5.41, 5.74) is -1.21. The third-order valence-corrected chi connectivity index (χ3v) is 5.25. The quantitative estimate of drug-likeness (QED) is 0.523. The van der Waals surface area contributed by atoms with E-state index in [4.69, 9.17) is 4.74 Å². The molecule has 1 N–H and O–H groups in total. The second kappa shape index (κ2) is 9.14. The zero-order valence-electron chi connectivity index (χ0n) is 15.9. The number of benzene rings is 1. The maximum Gasteiger partial charge on any atom is 0.424 e. The topological polar surface area (TPSA) is 127 Å². The van der Waals surface area contributed by atoms with Gasteiger partial charge in [-0.3, -0.25) is 10.1 Å². The lowest BCUT2D eigenvalue weighted by Gasteiger charge is -2.28. The highest BCUT2D eigenvalue weighted by atomic mass is 32.2. The number of nitrogens with zero attached hydrogens (tertiary/aromatic N) is 2. The number of unbranched alkanes of at least 4 members (excludes halogenated alkanes) is 1. The number of aliphatic hydroxyl groups is 1. The molecule has 0 aliphatic carbocycles. The molecule has 0 bridgehead atoms. The van der Waals surface area contributed by atoms with Gasteiger partial charge in [-0.05, 0) is 39.3 Å². The van der Waals surface area contributed by atoms with Gasteiger partial charge in [0.2, 0.25) is 0 Å². The van der Waals surface area contributed by atoms with Crippen LogP contribution in [0.5, 0.6) is 0 Å². The molecule has 0 aliphatic rings. The molecular formula is C17H26N2O7S. The van der Waals surface area contributed by atoms with Crippen molar-refractivity contribution >= 4 is 21.8 Å². The number of hydrogen-bond donors (Lipinski definition) is 1. The molecule has 0 aliphatic heterocycles. The molecular weight excluding hydrogens is 376 g/mol. The normalized spacial score (nSPS) is 13.1. The van der Waals surface area contributed by atoms with Crippen LogP contribution in [0, 0.1) is 10.1 Å². The summed E-state index contributed by atoms with van der Waals surface area (Å²) < 4.78 is 31.4. The van der Waals surface area contributed by atoms with Crippen molar-refractivity contribution in [2.24, 2.45) is 0 Å². The van der Waals surface area contributed by atoms with E-state index in [2.05, 4.69) is 0 Å². The first-order valence-corrected chi connectivity index (χ1v) is 10.0. The molecule has 0 radical (unpaired) electrons. The Balaban J connectivity index is 3.21. The maximum absolute atomic E-state index is 12.9. The predicted molar refractivity (Wildman–Crippen MR) is 98.8 cm³/mol. The van der Waals surface area contributed by atoms with Crippen molar-refractivity contribution in [2.45, 2.75) is 63.6 Å². The maximum atomic E-state index is 12.9. The number of carbonyl (C=O) groups is 1. The molecule has 10 heteroatoms. The zero-order chi connectivity index (χ0) is 20.8. The molecule has 1 rings (SSSR count).